The number of nitrogens with zero attached hydrogens (tertiary/aromatic N) is 1. The summed E-state index contributed by atoms with van der Waals surface area (Å²) in [6, 6.07) is 8.51. The maximum atomic E-state index is 12.1. The van der Waals surface area contributed by atoms with Gasteiger partial charge in [-0.15, -0.1) is 0 Å². The average Bonchev–Trinajstić information content (AvgIpc) is 2.47. The molecule has 0 saturated heterocycles. The molecule has 0 bridgehead atoms. The Kier molecular flexibility index (Phi) is 7.88. The van der Waals surface area contributed by atoms with Crippen LogP contribution in [0.15, 0.2) is 24.3 Å². The van der Waals surface area contributed by atoms with Gasteiger partial charge in [-0.25, -0.2) is 0 Å². The van der Waals surface area contributed by atoms with Crippen molar-refractivity contribution >= 4 is 11.6 Å². The van der Waals surface area contributed by atoms with Gasteiger partial charge in [-0.3, -0.25) is 4.79 Å². The molecule has 0 saturated carbocycles. The Labute approximate surface area is 129 Å². The summed E-state index contributed by atoms with van der Waals surface area (Å²) in [7, 11) is 4.08. The van der Waals surface area contributed by atoms with Gasteiger partial charge in [0.25, 0.3) is 0 Å². The Morgan fingerprint density at radius 3 is 2.14 bits per heavy atom. The van der Waals surface area contributed by atoms with E-state index in [9.17, 15) is 4.79 Å². The Balaban J connectivity index is 2.39. The lowest BCUT2D eigenvalue weighted by Crippen LogP contribution is -2.32. The second kappa shape index (κ2) is 9.43. The fraction of sp³-hybridized carbons (Fsp3) is 0.611. The monoisotopic (exact) mass is 290 g/mol. The molecule has 1 aromatic rings. The van der Waals surface area contributed by atoms with Crippen LogP contribution in [0, 0.1) is 5.92 Å². The lowest BCUT2D eigenvalue weighted by Gasteiger charge is -2.15. The summed E-state index contributed by atoms with van der Waals surface area (Å²) < 4.78 is 0. The van der Waals surface area contributed by atoms with E-state index in [1.807, 2.05) is 14.1 Å². The predicted molar refractivity (Wildman–Crippen MR) is 90.8 cm³/mol. The molecule has 0 unspecified atom stereocenters. The standard InChI is InChI=1S/C18H30N2O/c1-5-7-16(8-6-2)18(21)19-14-13-15-9-11-17(12-10-15)20(3)4/h9-12,16H,5-8,13-14H2,1-4H3,(H,19,21). The van der Waals surface area contributed by atoms with Crippen LogP contribution in [0.3, 0.4) is 0 Å². The molecule has 0 spiro atoms. The zero-order chi connectivity index (χ0) is 15.7. The van der Waals surface area contributed by atoms with Gasteiger partial charge in [0.2, 0.25) is 5.91 Å². The van der Waals surface area contributed by atoms with Crippen molar-refractivity contribution in [1.29, 1.82) is 0 Å². The lowest BCUT2D eigenvalue weighted by atomic mass is 9.97. The van der Waals surface area contributed by atoms with Gasteiger partial charge in [0, 0.05) is 32.2 Å². The first-order valence-electron chi connectivity index (χ1n) is 8.12. The van der Waals surface area contributed by atoms with E-state index >= 15 is 0 Å². The van der Waals surface area contributed by atoms with Gasteiger partial charge in [0.15, 0.2) is 0 Å². The van der Waals surface area contributed by atoms with Crippen molar-refractivity contribution < 1.29 is 4.79 Å². The largest absolute Gasteiger partial charge is 0.378 e. The highest BCUT2D eigenvalue weighted by molar-refractivity contribution is 5.78. The highest BCUT2D eigenvalue weighted by Crippen LogP contribution is 2.14. The Morgan fingerprint density at radius 2 is 1.67 bits per heavy atom. The van der Waals surface area contributed by atoms with E-state index in [4.69, 9.17) is 0 Å². The van der Waals surface area contributed by atoms with E-state index in [1.165, 1.54) is 11.3 Å². The first-order valence-corrected chi connectivity index (χ1v) is 8.12. The minimum Gasteiger partial charge on any atom is -0.378 e. The summed E-state index contributed by atoms with van der Waals surface area (Å²) in [6.07, 6.45) is 5.03. The Bertz CT molecular complexity index is 406. The smallest absolute Gasteiger partial charge is 0.223 e. The fourth-order valence-electron chi connectivity index (χ4n) is 2.54. The van der Waals surface area contributed by atoms with Crippen molar-refractivity contribution in [3.05, 3.63) is 29.8 Å². The van der Waals surface area contributed by atoms with Gasteiger partial charge in [0.1, 0.15) is 0 Å². The van der Waals surface area contributed by atoms with E-state index in [1.54, 1.807) is 0 Å². The zero-order valence-corrected chi connectivity index (χ0v) is 14.0. The van der Waals surface area contributed by atoms with Crippen LogP contribution in [0.5, 0.6) is 0 Å². The minimum absolute atomic E-state index is 0.191. The number of benzene rings is 1. The van der Waals surface area contributed by atoms with E-state index in [2.05, 4.69) is 48.3 Å². The van der Waals surface area contributed by atoms with Gasteiger partial charge < -0.3 is 10.2 Å². The van der Waals surface area contributed by atoms with Gasteiger partial charge in [-0.1, -0.05) is 38.8 Å². The molecule has 0 aliphatic carbocycles. The van der Waals surface area contributed by atoms with Crippen molar-refractivity contribution in [1.82, 2.24) is 5.32 Å². The topological polar surface area (TPSA) is 32.3 Å². The molecule has 1 aromatic carbocycles. The fourth-order valence-corrected chi connectivity index (χ4v) is 2.54. The van der Waals surface area contributed by atoms with E-state index in [-0.39, 0.29) is 11.8 Å². The van der Waals surface area contributed by atoms with E-state index in [0.29, 0.717) is 0 Å². The molecule has 0 fully saturated rings. The van der Waals surface area contributed by atoms with Crippen molar-refractivity contribution in [3.63, 3.8) is 0 Å². The van der Waals surface area contributed by atoms with Crippen LogP contribution >= 0.6 is 0 Å². The third-order valence-corrected chi connectivity index (χ3v) is 3.81. The highest BCUT2D eigenvalue weighted by atomic mass is 16.1. The molecule has 21 heavy (non-hydrogen) atoms. The molecule has 0 radical (unpaired) electrons. The molecule has 0 aliphatic heterocycles. The highest BCUT2D eigenvalue weighted by Gasteiger charge is 2.15. The predicted octanol–water partition coefficient (Wildman–Crippen LogP) is 3.63. The SMILES string of the molecule is CCCC(CCC)C(=O)NCCc1ccc(N(C)C)cc1. The second-order valence-corrected chi connectivity index (χ2v) is 5.88. The third-order valence-electron chi connectivity index (χ3n) is 3.81. The molecule has 1 N–H and O–H groups in total. The number of rotatable bonds is 9. The second-order valence-electron chi connectivity index (χ2n) is 5.88. The Hall–Kier alpha value is -1.51. The number of hydrogen-bond donors (Lipinski definition) is 1. The molecular weight excluding hydrogens is 260 g/mol. The van der Waals surface area contributed by atoms with Gasteiger partial charge in [-0.2, -0.15) is 0 Å². The molecule has 1 amide bonds. The number of hydrogen-bond acceptors (Lipinski definition) is 2. The summed E-state index contributed by atoms with van der Waals surface area (Å²) in [5.74, 6) is 0.416. The molecule has 0 heterocycles. The van der Waals surface area contributed by atoms with Crippen LogP contribution in [0.1, 0.15) is 45.1 Å². The first-order chi connectivity index (χ1) is 10.1. The maximum absolute atomic E-state index is 12.1. The van der Waals surface area contributed by atoms with Crippen molar-refractivity contribution in [2.45, 2.75) is 46.0 Å². The summed E-state index contributed by atoms with van der Waals surface area (Å²) in [4.78, 5) is 14.2. The number of amides is 1. The molecular formula is C18H30N2O. The molecule has 0 aliphatic rings. The van der Waals surface area contributed by atoms with Gasteiger partial charge in [-0.05, 0) is 37.0 Å². The average molecular weight is 290 g/mol. The van der Waals surface area contributed by atoms with E-state index in [0.717, 1.165) is 38.6 Å². The summed E-state index contributed by atoms with van der Waals surface area (Å²) in [6.45, 7) is 5.01. The first kappa shape index (κ1) is 17.5. The molecule has 118 valence electrons. The third kappa shape index (κ3) is 6.19. The van der Waals surface area contributed by atoms with Crippen LogP contribution in [-0.4, -0.2) is 26.5 Å². The molecule has 3 heteroatoms. The Morgan fingerprint density at radius 1 is 1.10 bits per heavy atom. The molecule has 3 nitrogen and oxygen atoms in total. The van der Waals surface area contributed by atoms with E-state index < -0.39 is 0 Å². The van der Waals surface area contributed by atoms with Crippen LogP contribution < -0.4 is 10.2 Å². The number of anilines is 1. The molecule has 1 rings (SSSR count). The summed E-state index contributed by atoms with van der Waals surface area (Å²) in [5.41, 5.74) is 2.47. The normalized spacial score (nSPS) is 10.7. The quantitative estimate of drug-likeness (QED) is 0.753. The van der Waals surface area contributed by atoms with Crippen molar-refractivity contribution in [3.8, 4) is 0 Å². The summed E-state index contributed by atoms with van der Waals surface area (Å²) >= 11 is 0. The van der Waals surface area contributed by atoms with Gasteiger partial charge in [0.05, 0.1) is 0 Å². The van der Waals surface area contributed by atoms with Crippen LogP contribution in [0.4, 0.5) is 5.69 Å². The van der Waals surface area contributed by atoms with Crippen LogP contribution in [-0.2, 0) is 11.2 Å². The van der Waals surface area contributed by atoms with Crippen molar-refractivity contribution in [2.75, 3.05) is 25.5 Å². The van der Waals surface area contributed by atoms with Gasteiger partial charge >= 0.3 is 0 Å². The van der Waals surface area contributed by atoms with Crippen LogP contribution in [0.2, 0.25) is 0 Å². The maximum Gasteiger partial charge on any atom is 0.223 e. The number of carbonyl (C=O) groups excluding carboxylic acids is 1. The number of carbonyl (C=O) groups is 1. The molecule has 0 aromatic heterocycles. The van der Waals surface area contributed by atoms with Crippen molar-refractivity contribution in [2.24, 2.45) is 5.92 Å². The lowest BCUT2D eigenvalue weighted by molar-refractivity contribution is -0.125. The summed E-state index contributed by atoms with van der Waals surface area (Å²) in [5, 5.41) is 3.09. The van der Waals surface area contributed by atoms with Crippen LogP contribution in [0.25, 0.3) is 0 Å². The molecule has 0 atom stereocenters. The zero-order valence-electron chi connectivity index (χ0n) is 14.0. The minimum atomic E-state index is 0.191. The number of nitrogens with one attached hydrogen (secondary N) is 1.